The lowest BCUT2D eigenvalue weighted by molar-refractivity contribution is -0.150. The minimum atomic E-state index is -0.723. The van der Waals surface area contributed by atoms with Crippen molar-refractivity contribution in [2.45, 2.75) is 26.3 Å². The van der Waals surface area contributed by atoms with Crippen LogP contribution in [0.4, 0.5) is 5.95 Å². The summed E-state index contributed by atoms with van der Waals surface area (Å²) in [6, 6.07) is 0. The Labute approximate surface area is 151 Å². The summed E-state index contributed by atoms with van der Waals surface area (Å²) in [4.78, 5) is 29.3. The van der Waals surface area contributed by atoms with Crippen LogP contribution < -0.4 is 4.90 Å². The Morgan fingerprint density at radius 1 is 1.35 bits per heavy atom. The van der Waals surface area contributed by atoms with E-state index in [4.69, 9.17) is 4.42 Å². The number of carboxylic acid groups (broad SMARTS) is 1. The van der Waals surface area contributed by atoms with Crippen LogP contribution in [0, 0.1) is 18.3 Å². The van der Waals surface area contributed by atoms with Gasteiger partial charge < -0.3 is 14.4 Å². The van der Waals surface area contributed by atoms with E-state index in [1.54, 1.807) is 6.20 Å². The molecule has 4 heterocycles. The zero-order valence-corrected chi connectivity index (χ0v) is 14.8. The molecule has 1 N–H and O–H groups in total. The molecule has 0 bridgehead atoms. The lowest BCUT2D eigenvalue weighted by atomic mass is 9.75. The van der Waals surface area contributed by atoms with Crippen LogP contribution in [-0.4, -0.2) is 57.1 Å². The first-order valence-corrected chi connectivity index (χ1v) is 8.93. The topological polar surface area (TPSA) is 95.6 Å². The van der Waals surface area contributed by atoms with Crippen LogP contribution in [0.1, 0.15) is 24.2 Å². The molecule has 0 saturated carbocycles. The molecule has 0 radical (unpaired) electrons. The van der Waals surface area contributed by atoms with Crippen LogP contribution >= 0.6 is 0 Å². The molecule has 4 rings (SSSR count). The van der Waals surface area contributed by atoms with Crippen LogP contribution in [0.25, 0.3) is 0 Å². The molecule has 138 valence electrons. The molecule has 2 saturated heterocycles. The van der Waals surface area contributed by atoms with Gasteiger partial charge in [-0.2, -0.15) is 0 Å². The lowest BCUT2D eigenvalue weighted by Crippen LogP contribution is -2.41. The molecule has 0 amide bonds. The number of nitrogens with zero attached hydrogens (tertiary/aromatic N) is 5. The van der Waals surface area contributed by atoms with E-state index in [9.17, 15) is 9.90 Å². The maximum absolute atomic E-state index is 12.2. The number of aromatic nitrogens is 3. The normalized spacial score (nSPS) is 26.5. The highest BCUT2D eigenvalue weighted by Crippen LogP contribution is 2.43. The van der Waals surface area contributed by atoms with Gasteiger partial charge >= 0.3 is 5.97 Å². The van der Waals surface area contributed by atoms with Gasteiger partial charge in [-0.05, 0) is 25.3 Å². The van der Waals surface area contributed by atoms with Crippen molar-refractivity contribution < 1.29 is 14.3 Å². The second-order valence-electron chi connectivity index (χ2n) is 7.41. The maximum Gasteiger partial charge on any atom is 0.311 e. The van der Waals surface area contributed by atoms with E-state index in [1.807, 2.05) is 19.3 Å². The summed E-state index contributed by atoms with van der Waals surface area (Å²) >= 11 is 0. The summed E-state index contributed by atoms with van der Waals surface area (Å²) in [7, 11) is 0. The summed E-state index contributed by atoms with van der Waals surface area (Å²) < 4.78 is 5.34. The van der Waals surface area contributed by atoms with Gasteiger partial charge in [-0.15, -0.1) is 0 Å². The standard InChI is InChI=1S/C18H23N5O3/c1-13-5-20-17(21-6-13)23-4-2-3-18(16(24)25)11-22(8-14(18)9-23)10-15-7-19-12-26-15/h5-7,12,14H,2-4,8-11H2,1H3,(H,24,25)/t14-,18+/m0/s1. The first kappa shape index (κ1) is 17.0. The van der Waals surface area contributed by atoms with Gasteiger partial charge in [-0.25, -0.2) is 15.0 Å². The summed E-state index contributed by atoms with van der Waals surface area (Å²) in [5.41, 5.74) is 0.294. The average Bonchev–Trinajstić information content (AvgIpc) is 3.20. The third-order valence-electron chi connectivity index (χ3n) is 5.60. The van der Waals surface area contributed by atoms with Crippen molar-refractivity contribution in [2.75, 3.05) is 31.1 Å². The van der Waals surface area contributed by atoms with Crippen LogP contribution in [0.5, 0.6) is 0 Å². The number of anilines is 1. The Hall–Kier alpha value is -2.48. The molecule has 2 fully saturated rings. The predicted molar refractivity (Wildman–Crippen MR) is 93.6 cm³/mol. The molecule has 2 atom stereocenters. The first-order chi connectivity index (χ1) is 12.6. The summed E-state index contributed by atoms with van der Waals surface area (Å²) in [6.45, 7) is 5.25. The molecular weight excluding hydrogens is 334 g/mol. The van der Waals surface area contributed by atoms with Gasteiger partial charge in [-0.3, -0.25) is 9.69 Å². The van der Waals surface area contributed by atoms with Crippen LogP contribution in [0.3, 0.4) is 0 Å². The van der Waals surface area contributed by atoms with Crippen molar-refractivity contribution in [3.05, 3.63) is 36.3 Å². The number of aryl methyl sites for hydroxylation is 1. The molecule has 2 aliphatic rings. The number of carboxylic acids is 1. The van der Waals surface area contributed by atoms with Crippen molar-refractivity contribution in [2.24, 2.45) is 11.3 Å². The molecule has 8 heteroatoms. The van der Waals surface area contributed by atoms with Crippen molar-refractivity contribution in [3.8, 4) is 0 Å². The molecule has 2 aromatic rings. The monoisotopic (exact) mass is 357 g/mol. The van der Waals surface area contributed by atoms with Gasteiger partial charge in [0.25, 0.3) is 0 Å². The zero-order valence-electron chi connectivity index (χ0n) is 14.8. The second kappa shape index (κ2) is 6.68. The fourth-order valence-electron chi connectivity index (χ4n) is 4.28. The van der Waals surface area contributed by atoms with E-state index >= 15 is 0 Å². The highest BCUT2D eigenvalue weighted by Gasteiger charge is 2.53. The highest BCUT2D eigenvalue weighted by atomic mass is 16.4. The van der Waals surface area contributed by atoms with E-state index < -0.39 is 11.4 Å². The molecule has 0 spiro atoms. The minimum absolute atomic E-state index is 0.0234. The SMILES string of the molecule is Cc1cnc(N2CCC[C@@]3(C(=O)O)CN(Cc4cnco4)C[C@H]3C2)nc1. The summed E-state index contributed by atoms with van der Waals surface area (Å²) in [5.74, 6) is 0.774. The summed E-state index contributed by atoms with van der Waals surface area (Å²) in [5, 5.41) is 10.0. The number of likely N-dealkylation sites (tertiary alicyclic amines) is 1. The van der Waals surface area contributed by atoms with Gasteiger partial charge in [0.05, 0.1) is 18.2 Å². The van der Waals surface area contributed by atoms with Crippen molar-refractivity contribution in [1.29, 1.82) is 0 Å². The van der Waals surface area contributed by atoms with E-state index in [2.05, 4.69) is 24.8 Å². The Balaban J connectivity index is 1.56. The molecule has 0 unspecified atom stereocenters. The smallest absolute Gasteiger partial charge is 0.311 e. The minimum Gasteiger partial charge on any atom is -0.481 e. The van der Waals surface area contributed by atoms with Crippen molar-refractivity contribution in [3.63, 3.8) is 0 Å². The van der Waals surface area contributed by atoms with E-state index in [-0.39, 0.29) is 5.92 Å². The fourth-order valence-corrected chi connectivity index (χ4v) is 4.28. The predicted octanol–water partition coefficient (Wildman–Crippen LogP) is 1.58. The van der Waals surface area contributed by atoms with Crippen molar-refractivity contribution >= 4 is 11.9 Å². The van der Waals surface area contributed by atoms with Crippen LogP contribution in [0.15, 0.2) is 29.4 Å². The number of carbonyl (C=O) groups is 1. The average molecular weight is 357 g/mol. The number of aliphatic carboxylic acids is 1. The van der Waals surface area contributed by atoms with E-state index in [0.717, 1.165) is 30.8 Å². The van der Waals surface area contributed by atoms with Gasteiger partial charge in [0.2, 0.25) is 5.95 Å². The fraction of sp³-hybridized carbons (Fsp3) is 0.556. The lowest BCUT2D eigenvalue weighted by Gasteiger charge is -2.29. The molecule has 26 heavy (non-hydrogen) atoms. The van der Waals surface area contributed by atoms with Crippen LogP contribution in [0.2, 0.25) is 0 Å². The third kappa shape index (κ3) is 3.05. The Morgan fingerprint density at radius 2 is 2.15 bits per heavy atom. The molecular formula is C18H23N5O3. The number of rotatable bonds is 4. The zero-order chi connectivity index (χ0) is 18.1. The van der Waals surface area contributed by atoms with Crippen molar-refractivity contribution in [1.82, 2.24) is 19.9 Å². The van der Waals surface area contributed by atoms with Gasteiger partial charge in [0, 0.05) is 44.5 Å². The van der Waals surface area contributed by atoms with Gasteiger partial charge in [0.15, 0.2) is 6.39 Å². The number of oxazole rings is 1. The Bertz CT molecular complexity index is 764. The first-order valence-electron chi connectivity index (χ1n) is 8.93. The largest absolute Gasteiger partial charge is 0.481 e. The van der Waals surface area contributed by atoms with Gasteiger partial charge in [-0.1, -0.05) is 0 Å². The second-order valence-corrected chi connectivity index (χ2v) is 7.41. The third-order valence-corrected chi connectivity index (χ3v) is 5.60. The molecule has 0 aromatic carbocycles. The van der Waals surface area contributed by atoms with Gasteiger partial charge in [0.1, 0.15) is 5.76 Å². The van der Waals surface area contributed by atoms with E-state index in [0.29, 0.717) is 32.0 Å². The highest BCUT2D eigenvalue weighted by molar-refractivity contribution is 5.76. The summed E-state index contributed by atoms with van der Waals surface area (Å²) in [6.07, 6.45) is 8.20. The Kier molecular flexibility index (Phi) is 4.36. The number of hydrogen-bond acceptors (Lipinski definition) is 7. The molecule has 2 aliphatic heterocycles. The molecule has 0 aliphatic carbocycles. The quantitative estimate of drug-likeness (QED) is 0.881. The van der Waals surface area contributed by atoms with E-state index in [1.165, 1.54) is 6.39 Å². The molecule has 8 nitrogen and oxygen atoms in total. The van der Waals surface area contributed by atoms with Crippen LogP contribution in [-0.2, 0) is 11.3 Å². The Morgan fingerprint density at radius 3 is 2.85 bits per heavy atom. The molecule has 2 aromatic heterocycles. The number of fused-ring (bicyclic) bond motifs is 1. The number of hydrogen-bond donors (Lipinski definition) is 1. The maximum atomic E-state index is 12.2.